The van der Waals surface area contributed by atoms with Crippen molar-refractivity contribution in [1.82, 2.24) is 4.90 Å². The number of hydrogen-bond donors (Lipinski definition) is 1. The molecule has 0 unspecified atom stereocenters. The fourth-order valence-corrected chi connectivity index (χ4v) is 4.87. The third-order valence-electron chi connectivity index (χ3n) is 6.26. The number of carbonyl (C=O) groups is 1. The van der Waals surface area contributed by atoms with Crippen LogP contribution in [0.25, 0.3) is 0 Å². The van der Waals surface area contributed by atoms with Gasteiger partial charge in [0, 0.05) is 30.6 Å². The Morgan fingerprint density at radius 2 is 2.07 bits per heavy atom. The summed E-state index contributed by atoms with van der Waals surface area (Å²) in [6, 6.07) is 13.4. The maximum atomic E-state index is 13.1. The van der Waals surface area contributed by atoms with E-state index in [1.54, 1.807) is 7.11 Å². The van der Waals surface area contributed by atoms with Gasteiger partial charge >= 0.3 is 0 Å². The third-order valence-corrected chi connectivity index (χ3v) is 6.26. The molecule has 0 fully saturated rings. The number of nitrogens with zero attached hydrogens (tertiary/aromatic N) is 1. The summed E-state index contributed by atoms with van der Waals surface area (Å²) in [6.45, 7) is 1.17. The highest BCUT2D eigenvalue weighted by atomic mass is 16.5. The molecule has 1 spiro atoms. The van der Waals surface area contributed by atoms with Gasteiger partial charge in [-0.3, -0.25) is 4.79 Å². The molecule has 2 heterocycles. The molecule has 2 aliphatic heterocycles. The minimum absolute atomic E-state index is 0.0406. The second-order valence-corrected chi connectivity index (χ2v) is 7.78. The number of aliphatic hydroxyl groups excluding tert-OH is 1. The van der Waals surface area contributed by atoms with Crippen LogP contribution in [0.2, 0.25) is 0 Å². The van der Waals surface area contributed by atoms with Gasteiger partial charge in [-0.05, 0) is 30.2 Å². The number of carbonyl (C=O) groups excluding carboxylic acids is 1. The highest BCUT2D eigenvalue weighted by molar-refractivity contribution is 5.94. The second-order valence-electron chi connectivity index (χ2n) is 7.78. The van der Waals surface area contributed by atoms with Crippen LogP contribution in [0, 0.1) is 0 Å². The van der Waals surface area contributed by atoms with Crippen LogP contribution in [-0.4, -0.2) is 41.8 Å². The number of ether oxygens (including phenoxy) is 2. The van der Waals surface area contributed by atoms with Gasteiger partial charge in [-0.15, -0.1) is 0 Å². The Bertz CT molecular complexity index is 955. The first-order chi connectivity index (χ1) is 13.6. The monoisotopic (exact) mass is 377 g/mol. The molecule has 2 aromatic rings. The van der Waals surface area contributed by atoms with Gasteiger partial charge in [-0.1, -0.05) is 36.4 Å². The van der Waals surface area contributed by atoms with Gasteiger partial charge in [0.15, 0.2) is 11.5 Å². The van der Waals surface area contributed by atoms with Crippen molar-refractivity contribution in [2.45, 2.75) is 37.0 Å². The maximum Gasteiger partial charge on any atom is 0.254 e. The number of amides is 1. The fraction of sp³-hybridized carbons (Fsp3) is 0.348. The Kier molecular flexibility index (Phi) is 3.95. The predicted molar refractivity (Wildman–Crippen MR) is 105 cm³/mol. The van der Waals surface area contributed by atoms with Gasteiger partial charge in [0.1, 0.15) is 6.10 Å². The first-order valence-corrected chi connectivity index (χ1v) is 9.71. The third kappa shape index (κ3) is 2.46. The molecule has 0 saturated heterocycles. The van der Waals surface area contributed by atoms with Crippen LogP contribution < -0.4 is 9.47 Å². The van der Waals surface area contributed by atoms with E-state index in [0.717, 1.165) is 23.3 Å². The van der Waals surface area contributed by atoms with Crippen molar-refractivity contribution in [3.05, 3.63) is 71.3 Å². The SMILES string of the molecule is COc1ccc2c3c1O[C@H]1C[C@H](O)C=C[C@]31CCN(C(=O)c1ccccc1)C2. The molecule has 2 aromatic carbocycles. The number of hydrogen-bond acceptors (Lipinski definition) is 4. The molecule has 5 rings (SSSR count). The Morgan fingerprint density at radius 3 is 2.86 bits per heavy atom. The van der Waals surface area contributed by atoms with Crippen LogP contribution in [-0.2, 0) is 12.0 Å². The maximum absolute atomic E-state index is 13.1. The Labute approximate surface area is 164 Å². The number of methoxy groups -OCH3 is 1. The quantitative estimate of drug-likeness (QED) is 0.818. The summed E-state index contributed by atoms with van der Waals surface area (Å²) in [6.07, 6.45) is 4.60. The van der Waals surface area contributed by atoms with E-state index in [4.69, 9.17) is 9.47 Å². The highest BCUT2D eigenvalue weighted by Gasteiger charge is 2.53. The van der Waals surface area contributed by atoms with Gasteiger partial charge in [-0.2, -0.15) is 0 Å². The van der Waals surface area contributed by atoms with Crippen LogP contribution in [0.4, 0.5) is 0 Å². The van der Waals surface area contributed by atoms with E-state index in [2.05, 4.69) is 6.08 Å². The molecular formula is C23H23NO4. The number of rotatable bonds is 2. The Balaban J connectivity index is 1.60. The predicted octanol–water partition coefficient (Wildman–Crippen LogP) is 3.06. The first kappa shape index (κ1) is 17.3. The lowest BCUT2D eigenvalue weighted by atomic mass is 9.69. The fourth-order valence-electron chi connectivity index (χ4n) is 4.87. The standard InChI is InChI=1S/C23H23NO4/c1-27-18-8-7-16-14-24(22(26)15-5-3-2-4-6-15)12-11-23-10-9-17(25)13-19(23)28-21(18)20(16)23/h2-10,17,19,25H,11-14H2,1H3/t17-,19+,23-/m1/s1. The molecule has 0 aromatic heterocycles. The van der Waals surface area contributed by atoms with Gasteiger partial charge in [0.05, 0.1) is 18.6 Å². The minimum Gasteiger partial charge on any atom is -0.493 e. The van der Waals surface area contributed by atoms with E-state index < -0.39 is 6.10 Å². The van der Waals surface area contributed by atoms with Gasteiger partial charge in [0.2, 0.25) is 0 Å². The van der Waals surface area contributed by atoms with Gasteiger partial charge in [0.25, 0.3) is 5.91 Å². The van der Waals surface area contributed by atoms with E-state index in [1.165, 1.54) is 0 Å². The molecule has 5 nitrogen and oxygen atoms in total. The average molecular weight is 377 g/mol. The summed E-state index contributed by atoms with van der Waals surface area (Å²) in [4.78, 5) is 15.0. The molecule has 0 radical (unpaired) electrons. The molecular weight excluding hydrogens is 354 g/mol. The average Bonchev–Trinajstić information content (AvgIpc) is 2.96. The first-order valence-electron chi connectivity index (χ1n) is 9.71. The zero-order chi connectivity index (χ0) is 19.3. The molecule has 5 heteroatoms. The van der Waals surface area contributed by atoms with Crippen LogP contribution in [0.5, 0.6) is 11.5 Å². The lowest BCUT2D eigenvalue weighted by Crippen LogP contribution is -2.43. The smallest absolute Gasteiger partial charge is 0.254 e. The van der Waals surface area contributed by atoms with Crippen molar-refractivity contribution in [3.63, 3.8) is 0 Å². The van der Waals surface area contributed by atoms with Crippen molar-refractivity contribution in [3.8, 4) is 11.5 Å². The van der Waals surface area contributed by atoms with Crippen molar-refractivity contribution in [2.24, 2.45) is 0 Å². The summed E-state index contributed by atoms with van der Waals surface area (Å²) >= 11 is 0. The molecule has 144 valence electrons. The lowest BCUT2D eigenvalue weighted by Gasteiger charge is -2.35. The molecule has 0 bridgehead atoms. The van der Waals surface area contributed by atoms with E-state index in [9.17, 15) is 9.90 Å². The Morgan fingerprint density at radius 1 is 1.25 bits per heavy atom. The van der Waals surface area contributed by atoms with Crippen molar-refractivity contribution < 1.29 is 19.4 Å². The zero-order valence-electron chi connectivity index (χ0n) is 15.8. The number of aliphatic hydroxyl groups is 1. The van der Waals surface area contributed by atoms with Crippen molar-refractivity contribution in [1.29, 1.82) is 0 Å². The molecule has 1 amide bonds. The second kappa shape index (κ2) is 6.38. The summed E-state index contributed by atoms with van der Waals surface area (Å²) in [5.74, 6) is 1.51. The summed E-state index contributed by atoms with van der Waals surface area (Å²) in [5, 5.41) is 10.2. The summed E-state index contributed by atoms with van der Waals surface area (Å²) in [7, 11) is 1.64. The molecule has 3 aliphatic rings. The van der Waals surface area contributed by atoms with Crippen molar-refractivity contribution in [2.75, 3.05) is 13.7 Å². The van der Waals surface area contributed by atoms with Crippen LogP contribution in [0.3, 0.4) is 0 Å². The van der Waals surface area contributed by atoms with Gasteiger partial charge in [-0.25, -0.2) is 0 Å². The zero-order valence-corrected chi connectivity index (χ0v) is 15.8. The summed E-state index contributed by atoms with van der Waals surface area (Å²) in [5.41, 5.74) is 2.57. The normalized spacial score (nSPS) is 27.4. The molecule has 28 heavy (non-hydrogen) atoms. The minimum atomic E-state index is -0.510. The summed E-state index contributed by atoms with van der Waals surface area (Å²) < 4.78 is 11.9. The Hall–Kier alpha value is -2.79. The lowest BCUT2D eigenvalue weighted by molar-refractivity contribution is 0.0671. The van der Waals surface area contributed by atoms with E-state index in [1.807, 2.05) is 53.4 Å². The van der Waals surface area contributed by atoms with Crippen LogP contribution in [0.1, 0.15) is 34.3 Å². The van der Waals surface area contributed by atoms with Crippen LogP contribution >= 0.6 is 0 Å². The highest BCUT2D eigenvalue weighted by Crippen LogP contribution is 2.55. The van der Waals surface area contributed by atoms with E-state index in [0.29, 0.717) is 30.8 Å². The van der Waals surface area contributed by atoms with E-state index >= 15 is 0 Å². The van der Waals surface area contributed by atoms with E-state index in [-0.39, 0.29) is 17.4 Å². The van der Waals surface area contributed by atoms with Crippen LogP contribution in [0.15, 0.2) is 54.6 Å². The van der Waals surface area contributed by atoms with Gasteiger partial charge < -0.3 is 19.5 Å². The molecule has 0 saturated carbocycles. The molecule has 1 aliphatic carbocycles. The van der Waals surface area contributed by atoms with Crippen molar-refractivity contribution >= 4 is 5.91 Å². The molecule has 3 atom stereocenters. The largest absolute Gasteiger partial charge is 0.493 e. The molecule has 1 N–H and O–H groups in total. The topological polar surface area (TPSA) is 59.0 Å². The number of benzene rings is 2.